The van der Waals surface area contributed by atoms with Crippen LogP contribution in [0.25, 0.3) is 10.2 Å². The highest BCUT2D eigenvalue weighted by atomic mass is 35.5. The third-order valence-electron chi connectivity index (χ3n) is 4.17. The summed E-state index contributed by atoms with van der Waals surface area (Å²) in [5, 5.41) is 0.703. The molecule has 0 saturated heterocycles. The number of thiazole rings is 1. The van der Waals surface area contributed by atoms with Crippen molar-refractivity contribution in [3.63, 3.8) is 0 Å². The predicted octanol–water partition coefficient (Wildman–Crippen LogP) is 3.87. The van der Waals surface area contributed by atoms with Gasteiger partial charge in [-0.05, 0) is 43.3 Å². The van der Waals surface area contributed by atoms with E-state index in [9.17, 15) is 14.4 Å². The van der Waals surface area contributed by atoms with Gasteiger partial charge in [-0.15, -0.1) is 0 Å². The Morgan fingerprint density at radius 2 is 1.91 bits per heavy atom. The van der Waals surface area contributed by atoms with Gasteiger partial charge < -0.3 is 18.8 Å². The standard InChI is InChI=1S/C21H18Cl2N2O6S/c1-3-30-20(28)12-4-6-15-17(8-12)32-21(25(15)10-19(27)29-2)24-18(26)11-31-16-7-5-13(22)9-14(16)23/h4-9H,3,10-11H2,1-2H3. The van der Waals surface area contributed by atoms with Crippen molar-refractivity contribution in [2.45, 2.75) is 13.5 Å². The first-order valence-electron chi connectivity index (χ1n) is 9.35. The Hall–Kier alpha value is -2.88. The number of hydrogen-bond donors (Lipinski definition) is 0. The van der Waals surface area contributed by atoms with Gasteiger partial charge in [0.05, 0.1) is 34.5 Å². The molecule has 0 aliphatic rings. The minimum absolute atomic E-state index is 0.161. The number of hydrogen-bond acceptors (Lipinski definition) is 7. The number of amides is 1. The Balaban J connectivity index is 1.93. The average molecular weight is 497 g/mol. The molecule has 0 aliphatic carbocycles. The molecule has 0 fully saturated rings. The number of carbonyl (C=O) groups excluding carboxylic acids is 3. The molecule has 1 aromatic heterocycles. The second kappa shape index (κ2) is 10.6. The van der Waals surface area contributed by atoms with Gasteiger partial charge in [-0.2, -0.15) is 4.99 Å². The fraction of sp³-hybridized carbons (Fsp3) is 0.238. The SMILES string of the molecule is CCOC(=O)c1ccc2c(c1)sc(=NC(=O)COc1ccc(Cl)cc1Cl)n2CC(=O)OC. The summed E-state index contributed by atoms with van der Waals surface area (Å²) < 4.78 is 17.4. The van der Waals surface area contributed by atoms with E-state index in [0.717, 1.165) is 11.3 Å². The number of carbonyl (C=O) groups is 3. The molecule has 8 nitrogen and oxygen atoms in total. The molecule has 0 bridgehead atoms. The van der Waals surface area contributed by atoms with Crippen LogP contribution in [0.15, 0.2) is 41.4 Å². The van der Waals surface area contributed by atoms with Crippen LogP contribution in [0.3, 0.4) is 0 Å². The van der Waals surface area contributed by atoms with Gasteiger partial charge in [-0.3, -0.25) is 9.59 Å². The molecule has 11 heteroatoms. The summed E-state index contributed by atoms with van der Waals surface area (Å²) in [5.74, 6) is -1.29. The van der Waals surface area contributed by atoms with Crippen molar-refractivity contribution < 1.29 is 28.6 Å². The number of rotatable bonds is 7. The van der Waals surface area contributed by atoms with Crippen LogP contribution in [-0.4, -0.2) is 42.7 Å². The van der Waals surface area contributed by atoms with Gasteiger partial charge in [0.15, 0.2) is 11.4 Å². The Kier molecular flexibility index (Phi) is 7.89. The Morgan fingerprint density at radius 3 is 2.59 bits per heavy atom. The van der Waals surface area contributed by atoms with Crippen molar-refractivity contribution in [2.75, 3.05) is 20.3 Å². The van der Waals surface area contributed by atoms with E-state index >= 15 is 0 Å². The molecule has 168 valence electrons. The summed E-state index contributed by atoms with van der Waals surface area (Å²) in [6.07, 6.45) is 0. The average Bonchev–Trinajstić information content (AvgIpc) is 3.09. The van der Waals surface area contributed by atoms with Gasteiger partial charge >= 0.3 is 11.9 Å². The van der Waals surface area contributed by atoms with Crippen LogP contribution in [0.5, 0.6) is 5.75 Å². The molecule has 0 saturated carbocycles. The van der Waals surface area contributed by atoms with Crippen LogP contribution in [0.2, 0.25) is 10.0 Å². The minimum Gasteiger partial charge on any atom is -0.482 e. The van der Waals surface area contributed by atoms with E-state index in [-0.39, 0.29) is 35.3 Å². The van der Waals surface area contributed by atoms with E-state index in [2.05, 4.69) is 4.99 Å². The number of fused-ring (bicyclic) bond motifs is 1. The molecule has 0 spiro atoms. The van der Waals surface area contributed by atoms with Crippen LogP contribution in [-0.2, 0) is 25.6 Å². The lowest BCUT2D eigenvalue weighted by atomic mass is 10.2. The Morgan fingerprint density at radius 1 is 1.12 bits per heavy atom. The number of aromatic nitrogens is 1. The van der Waals surface area contributed by atoms with E-state index in [4.69, 9.17) is 37.4 Å². The molecule has 0 N–H and O–H groups in total. The smallest absolute Gasteiger partial charge is 0.338 e. The molecule has 0 unspecified atom stereocenters. The van der Waals surface area contributed by atoms with E-state index < -0.39 is 17.8 Å². The monoisotopic (exact) mass is 496 g/mol. The molecule has 0 atom stereocenters. The van der Waals surface area contributed by atoms with Crippen molar-refractivity contribution >= 4 is 62.6 Å². The highest BCUT2D eigenvalue weighted by Gasteiger charge is 2.15. The van der Waals surface area contributed by atoms with E-state index in [0.29, 0.717) is 20.8 Å². The van der Waals surface area contributed by atoms with Crippen molar-refractivity contribution in [2.24, 2.45) is 4.99 Å². The van der Waals surface area contributed by atoms with E-state index in [1.807, 2.05) is 0 Å². The van der Waals surface area contributed by atoms with E-state index in [1.54, 1.807) is 37.3 Å². The third kappa shape index (κ3) is 5.67. The number of esters is 2. The van der Waals surface area contributed by atoms with E-state index in [1.165, 1.54) is 17.7 Å². The van der Waals surface area contributed by atoms with Crippen LogP contribution in [0.4, 0.5) is 0 Å². The maximum absolute atomic E-state index is 12.5. The molecular weight excluding hydrogens is 479 g/mol. The zero-order valence-electron chi connectivity index (χ0n) is 17.1. The minimum atomic E-state index is -0.591. The summed E-state index contributed by atoms with van der Waals surface area (Å²) in [4.78, 5) is 40.7. The van der Waals surface area contributed by atoms with Crippen molar-refractivity contribution in [3.05, 3.63) is 56.8 Å². The molecule has 1 amide bonds. The first-order valence-corrected chi connectivity index (χ1v) is 10.9. The topological polar surface area (TPSA) is 96.2 Å². The van der Waals surface area contributed by atoms with Gasteiger partial charge in [0.1, 0.15) is 12.3 Å². The summed E-state index contributed by atoms with van der Waals surface area (Å²) in [7, 11) is 1.27. The fourth-order valence-corrected chi connectivity index (χ4v) is 4.27. The molecule has 2 aromatic carbocycles. The molecule has 1 heterocycles. The largest absolute Gasteiger partial charge is 0.482 e. The third-order valence-corrected chi connectivity index (χ3v) is 5.75. The second-order valence-corrected chi connectivity index (χ2v) is 8.17. The number of halogens is 2. The quantitative estimate of drug-likeness (QED) is 0.460. The van der Waals surface area contributed by atoms with Crippen LogP contribution >= 0.6 is 34.5 Å². The summed E-state index contributed by atoms with van der Waals surface area (Å²) in [6, 6.07) is 9.50. The first kappa shape index (κ1) is 23.8. The molecular formula is C21H18Cl2N2O6S. The highest BCUT2D eigenvalue weighted by molar-refractivity contribution is 7.16. The van der Waals surface area contributed by atoms with Gasteiger partial charge in [-0.25, -0.2) is 4.79 Å². The van der Waals surface area contributed by atoms with Crippen LogP contribution < -0.4 is 9.54 Å². The maximum atomic E-state index is 12.5. The lowest BCUT2D eigenvalue weighted by Crippen LogP contribution is -2.23. The summed E-state index contributed by atoms with van der Waals surface area (Å²) >= 11 is 13.0. The molecule has 0 radical (unpaired) electrons. The normalized spacial score (nSPS) is 11.4. The first-order chi connectivity index (χ1) is 15.3. The number of methoxy groups -OCH3 is 1. The second-order valence-electron chi connectivity index (χ2n) is 6.32. The summed E-state index contributed by atoms with van der Waals surface area (Å²) in [5.41, 5.74) is 0.964. The highest BCUT2D eigenvalue weighted by Crippen LogP contribution is 2.27. The maximum Gasteiger partial charge on any atom is 0.338 e. The number of benzene rings is 2. The Bertz CT molecular complexity index is 1250. The number of nitrogens with zero attached hydrogens (tertiary/aromatic N) is 2. The lowest BCUT2D eigenvalue weighted by molar-refractivity contribution is -0.141. The number of ether oxygens (including phenoxy) is 3. The fourth-order valence-electron chi connectivity index (χ4n) is 2.72. The molecule has 0 aliphatic heterocycles. The molecule has 3 rings (SSSR count). The summed E-state index contributed by atoms with van der Waals surface area (Å²) in [6.45, 7) is 1.43. The molecule has 3 aromatic rings. The van der Waals surface area contributed by atoms with Crippen LogP contribution in [0.1, 0.15) is 17.3 Å². The van der Waals surface area contributed by atoms with Crippen molar-refractivity contribution in [1.82, 2.24) is 4.57 Å². The lowest BCUT2D eigenvalue weighted by Gasteiger charge is -2.06. The molecule has 32 heavy (non-hydrogen) atoms. The van der Waals surface area contributed by atoms with Crippen molar-refractivity contribution in [1.29, 1.82) is 0 Å². The van der Waals surface area contributed by atoms with Gasteiger partial charge in [0.2, 0.25) is 0 Å². The zero-order chi connectivity index (χ0) is 23.3. The van der Waals surface area contributed by atoms with Crippen molar-refractivity contribution in [3.8, 4) is 5.75 Å². The predicted molar refractivity (Wildman–Crippen MR) is 120 cm³/mol. The van der Waals surface area contributed by atoms with Crippen LogP contribution in [0, 0.1) is 0 Å². The van der Waals surface area contributed by atoms with Gasteiger partial charge in [0, 0.05) is 5.02 Å². The Labute approximate surface area is 196 Å². The zero-order valence-corrected chi connectivity index (χ0v) is 19.4. The van der Waals surface area contributed by atoms with Gasteiger partial charge in [0.25, 0.3) is 5.91 Å². The van der Waals surface area contributed by atoms with Gasteiger partial charge in [-0.1, -0.05) is 34.5 Å².